The second-order valence-corrected chi connectivity index (χ2v) is 6.68. The van der Waals surface area contributed by atoms with Crippen LogP contribution in [0.1, 0.15) is 38.3 Å². The number of amides is 2. The Morgan fingerprint density at radius 3 is 2.15 bits per heavy atom. The Morgan fingerprint density at radius 2 is 1.48 bits per heavy atom. The van der Waals surface area contributed by atoms with E-state index in [1.807, 2.05) is 31.2 Å². The van der Waals surface area contributed by atoms with E-state index < -0.39 is 0 Å². The topological polar surface area (TPSA) is 63.2 Å². The molecule has 0 N–H and O–H groups in total. The van der Waals surface area contributed by atoms with Crippen molar-refractivity contribution >= 4 is 11.8 Å². The van der Waals surface area contributed by atoms with Crippen molar-refractivity contribution in [1.29, 1.82) is 0 Å². The highest BCUT2D eigenvalue weighted by atomic mass is 16.2. The number of hydrogen-bond donors (Lipinski definition) is 0. The van der Waals surface area contributed by atoms with E-state index >= 15 is 0 Å². The summed E-state index contributed by atoms with van der Waals surface area (Å²) >= 11 is 0. The van der Waals surface area contributed by atoms with Crippen molar-refractivity contribution in [2.45, 2.75) is 19.8 Å². The van der Waals surface area contributed by atoms with Crippen molar-refractivity contribution < 1.29 is 9.59 Å². The number of imide groups is 1. The summed E-state index contributed by atoms with van der Waals surface area (Å²) in [6, 6.07) is 14.9. The SMILES string of the molecule is Cc1ccnc(-c2cc(CCCN3C(=O)c4ccccc4C3=O)ccn2)c1. The van der Waals surface area contributed by atoms with Crippen LogP contribution in [0.4, 0.5) is 0 Å². The number of hydrogen-bond acceptors (Lipinski definition) is 4. The molecule has 134 valence electrons. The zero-order chi connectivity index (χ0) is 18.8. The average Bonchev–Trinajstić information content (AvgIpc) is 2.93. The van der Waals surface area contributed by atoms with Gasteiger partial charge in [0, 0.05) is 18.9 Å². The minimum atomic E-state index is -0.199. The fourth-order valence-electron chi connectivity index (χ4n) is 3.33. The summed E-state index contributed by atoms with van der Waals surface area (Å²) in [5, 5.41) is 0. The maximum atomic E-state index is 12.4. The number of aryl methyl sites for hydroxylation is 2. The fraction of sp³-hybridized carbons (Fsp3) is 0.182. The second kappa shape index (κ2) is 7.11. The summed E-state index contributed by atoms with van der Waals surface area (Å²) in [6.07, 6.45) is 5.02. The Balaban J connectivity index is 1.43. The normalized spacial score (nSPS) is 13.1. The van der Waals surface area contributed by atoms with Gasteiger partial charge in [-0.1, -0.05) is 12.1 Å². The van der Waals surface area contributed by atoms with Crippen LogP contribution in [-0.2, 0) is 6.42 Å². The first-order chi connectivity index (χ1) is 13.1. The molecule has 27 heavy (non-hydrogen) atoms. The van der Waals surface area contributed by atoms with Gasteiger partial charge in [0.25, 0.3) is 11.8 Å². The molecule has 4 rings (SSSR count). The van der Waals surface area contributed by atoms with Crippen LogP contribution in [0.15, 0.2) is 60.9 Å². The lowest BCUT2D eigenvalue weighted by Crippen LogP contribution is -2.30. The van der Waals surface area contributed by atoms with Gasteiger partial charge in [0.1, 0.15) is 0 Å². The van der Waals surface area contributed by atoms with Crippen molar-refractivity contribution in [3.05, 3.63) is 83.2 Å². The molecule has 1 aliphatic rings. The number of fused-ring (bicyclic) bond motifs is 1. The lowest BCUT2D eigenvalue weighted by Gasteiger charge is -2.13. The van der Waals surface area contributed by atoms with Crippen LogP contribution in [0.3, 0.4) is 0 Å². The number of pyridine rings is 2. The first-order valence-electron chi connectivity index (χ1n) is 8.96. The molecule has 0 atom stereocenters. The van der Waals surface area contributed by atoms with Crippen molar-refractivity contribution in [2.75, 3.05) is 6.54 Å². The monoisotopic (exact) mass is 357 g/mol. The van der Waals surface area contributed by atoms with Gasteiger partial charge in [0.15, 0.2) is 0 Å². The predicted molar refractivity (Wildman–Crippen MR) is 102 cm³/mol. The quantitative estimate of drug-likeness (QED) is 0.654. The van der Waals surface area contributed by atoms with E-state index in [1.165, 1.54) is 4.90 Å². The molecule has 0 saturated heterocycles. The third-order valence-electron chi connectivity index (χ3n) is 4.73. The van der Waals surface area contributed by atoms with Crippen molar-refractivity contribution in [3.63, 3.8) is 0 Å². The van der Waals surface area contributed by atoms with E-state index in [0.29, 0.717) is 24.1 Å². The molecule has 5 heteroatoms. The molecule has 0 saturated carbocycles. The third-order valence-corrected chi connectivity index (χ3v) is 4.73. The van der Waals surface area contributed by atoms with Gasteiger partial charge in [-0.2, -0.15) is 0 Å². The van der Waals surface area contributed by atoms with E-state index in [9.17, 15) is 9.59 Å². The Labute approximate surface area is 157 Å². The highest BCUT2D eigenvalue weighted by Crippen LogP contribution is 2.23. The molecule has 2 amide bonds. The lowest BCUT2D eigenvalue weighted by molar-refractivity contribution is 0.0652. The van der Waals surface area contributed by atoms with Gasteiger partial charge in [0.05, 0.1) is 22.5 Å². The van der Waals surface area contributed by atoms with Gasteiger partial charge in [-0.05, 0) is 67.3 Å². The van der Waals surface area contributed by atoms with E-state index in [4.69, 9.17) is 0 Å². The van der Waals surface area contributed by atoms with Gasteiger partial charge >= 0.3 is 0 Å². The maximum absolute atomic E-state index is 12.4. The Morgan fingerprint density at radius 1 is 0.852 bits per heavy atom. The lowest BCUT2D eigenvalue weighted by atomic mass is 10.1. The molecule has 0 aliphatic carbocycles. The standard InChI is InChI=1S/C22H19N3O2/c1-15-8-10-23-19(13-15)20-14-16(9-11-24-20)5-4-12-25-21(26)17-6-2-3-7-18(17)22(25)27/h2-3,6-11,13-14H,4-5,12H2,1H3. The van der Waals surface area contributed by atoms with Crippen LogP contribution in [0.2, 0.25) is 0 Å². The Bertz CT molecular complexity index is 994. The summed E-state index contributed by atoms with van der Waals surface area (Å²) in [5.41, 5.74) is 4.92. The number of aromatic nitrogens is 2. The molecule has 1 aromatic carbocycles. The largest absolute Gasteiger partial charge is 0.274 e. The van der Waals surface area contributed by atoms with Gasteiger partial charge in [-0.3, -0.25) is 24.5 Å². The van der Waals surface area contributed by atoms with Gasteiger partial charge in [-0.25, -0.2) is 0 Å². The summed E-state index contributed by atoms with van der Waals surface area (Å²) in [5.74, 6) is -0.398. The summed E-state index contributed by atoms with van der Waals surface area (Å²) in [6.45, 7) is 2.43. The molecule has 0 unspecified atom stereocenters. The molecule has 0 radical (unpaired) electrons. The van der Waals surface area contributed by atoms with E-state index in [0.717, 1.165) is 28.9 Å². The zero-order valence-corrected chi connectivity index (χ0v) is 15.1. The number of rotatable bonds is 5. The number of nitrogens with zero attached hydrogens (tertiary/aromatic N) is 3. The van der Waals surface area contributed by atoms with Crippen molar-refractivity contribution in [1.82, 2.24) is 14.9 Å². The molecule has 0 spiro atoms. The highest BCUT2D eigenvalue weighted by molar-refractivity contribution is 6.21. The smallest absolute Gasteiger partial charge is 0.261 e. The van der Waals surface area contributed by atoms with Crippen LogP contribution >= 0.6 is 0 Å². The minimum Gasteiger partial charge on any atom is -0.274 e. The summed E-state index contributed by atoms with van der Waals surface area (Å²) < 4.78 is 0. The molecule has 3 aromatic rings. The number of benzene rings is 1. The minimum absolute atomic E-state index is 0.199. The van der Waals surface area contributed by atoms with Crippen molar-refractivity contribution in [2.24, 2.45) is 0 Å². The van der Waals surface area contributed by atoms with E-state index in [-0.39, 0.29) is 11.8 Å². The average molecular weight is 357 g/mol. The van der Waals surface area contributed by atoms with Crippen LogP contribution in [0.25, 0.3) is 11.4 Å². The van der Waals surface area contributed by atoms with Gasteiger partial charge in [0.2, 0.25) is 0 Å². The molecule has 1 aliphatic heterocycles. The van der Waals surface area contributed by atoms with E-state index in [1.54, 1.807) is 36.7 Å². The third kappa shape index (κ3) is 3.36. The molecular weight excluding hydrogens is 338 g/mol. The van der Waals surface area contributed by atoms with E-state index in [2.05, 4.69) is 9.97 Å². The first-order valence-corrected chi connectivity index (χ1v) is 8.96. The second-order valence-electron chi connectivity index (χ2n) is 6.68. The van der Waals surface area contributed by atoms with Crippen LogP contribution in [0.5, 0.6) is 0 Å². The van der Waals surface area contributed by atoms with Crippen LogP contribution in [-0.4, -0.2) is 33.2 Å². The van der Waals surface area contributed by atoms with Gasteiger partial charge < -0.3 is 0 Å². The number of carbonyl (C=O) groups is 2. The van der Waals surface area contributed by atoms with Crippen LogP contribution in [0, 0.1) is 6.92 Å². The maximum Gasteiger partial charge on any atom is 0.261 e. The molecule has 2 aromatic heterocycles. The fourth-order valence-corrected chi connectivity index (χ4v) is 3.33. The molecule has 5 nitrogen and oxygen atoms in total. The predicted octanol–water partition coefficient (Wildman–Crippen LogP) is 3.68. The summed E-state index contributed by atoms with van der Waals surface area (Å²) in [4.78, 5) is 34.9. The summed E-state index contributed by atoms with van der Waals surface area (Å²) in [7, 11) is 0. The molecule has 3 heterocycles. The van der Waals surface area contributed by atoms with Gasteiger partial charge in [-0.15, -0.1) is 0 Å². The molecule has 0 bridgehead atoms. The Kier molecular flexibility index (Phi) is 4.50. The number of carbonyl (C=O) groups excluding carboxylic acids is 2. The zero-order valence-electron chi connectivity index (χ0n) is 15.1. The van der Waals surface area contributed by atoms with Crippen LogP contribution < -0.4 is 0 Å². The molecule has 0 fully saturated rings. The highest BCUT2D eigenvalue weighted by Gasteiger charge is 2.34. The van der Waals surface area contributed by atoms with Crippen molar-refractivity contribution in [3.8, 4) is 11.4 Å². The first kappa shape index (κ1) is 17.1. The Hall–Kier alpha value is -3.34. The molecular formula is C22H19N3O2.